The molecule has 0 aromatic heterocycles. The Labute approximate surface area is 272 Å². The molecule has 0 aromatic rings. The van der Waals surface area contributed by atoms with Crippen molar-refractivity contribution >= 4 is 5.97 Å². The average molecular weight is 611 g/mol. The van der Waals surface area contributed by atoms with E-state index in [1.54, 1.807) is 0 Å². The summed E-state index contributed by atoms with van der Waals surface area (Å²) >= 11 is 0. The first-order valence-corrected chi connectivity index (χ1v) is 19.9. The molecule has 0 atom stereocenters. The Morgan fingerprint density at radius 3 is 0.814 bits per heavy atom. The van der Waals surface area contributed by atoms with Crippen LogP contribution in [0.2, 0.25) is 0 Å². The Bertz CT molecular complexity index is 502. The van der Waals surface area contributed by atoms with Gasteiger partial charge >= 0.3 is 5.97 Å². The van der Waals surface area contributed by atoms with Gasteiger partial charge in [-0.1, -0.05) is 214 Å². The molecule has 0 bridgehead atoms. The predicted molar refractivity (Wildman–Crippen MR) is 192 cm³/mol. The molecule has 0 fully saturated rings. The van der Waals surface area contributed by atoms with E-state index in [-0.39, 0.29) is 5.60 Å². The van der Waals surface area contributed by atoms with Crippen LogP contribution in [-0.2, 0) is 4.79 Å². The number of carboxylic acids is 1. The highest BCUT2D eigenvalue weighted by Gasteiger charge is 2.25. The predicted octanol–water partition coefficient (Wildman–Crippen LogP) is 14.1. The SMILES string of the molecule is CCCCCCCCCCCC(=O)O.CCCCCCCCCCCC(O)(CCCCCCCC)CCCCCCCC. The van der Waals surface area contributed by atoms with E-state index >= 15 is 0 Å². The van der Waals surface area contributed by atoms with Crippen LogP contribution in [0.3, 0.4) is 0 Å². The smallest absolute Gasteiger partial charge is 0.303 e. The Balaban J connectivity index is 0. The van der Waals surface area contributed by atoms with Crippen LogP contribution in [0, 0.1) is 0 Å². The van der Waals surface area contributed by atoms with Gasteiger partial charge in [-0.25, -0.2) is 0 Å². The lowest BCUT2D eigenvalue weighted by Gasteiger charge is -2.29. The van der Waals surface area contributed by atoms with Crippen molar-refractivity contribution in [1.29, 1.82) is 0 Å². The highest BCUT2D eigenvalue weighted by atomic mass is 16.4. The van der Waals surface area contributed by atoms with Crippen molar-refractivity contribution in [2.45, 2.75) is 252 Å². The van der Waals surface area contributed by atoms with Gasteiger partial charge < -0.3 is 10.2 Å². The standard InChI is InChI=1S/C28H58O.C12H24O2/c1-4-7-10-13-16-17-18-21-24-27-28(29,25-22-19-14-11-8-5-2)26-23-20-15-12-9-6-3;1-2-3-4-5-6-7-8-9-10-11-12(13)14/h29H,4-27H2,1-3H3;2-11H2,1H3,(H,13,14). The number of rotatable bonds is 34. The average Bonchev–Trinajstić information content (AvgIpc) is 2.99. The molecule has 0 saturated heterocycles. The summed E-state index contributed by atoms with van der Waals surface area (Å²) in [6.07, 6.45) is 42.9. The summed E-state index contributed by atoms with van der Waals surface area (Å²) in [7, 11) is 0. The van der Waals surface area contributed by atoms with E-state index in [0.29, 0.717) is 6.42 Å². The highest BCUT2D eigenvalue weighted by Crippen LogP contribution is 2.29. The highest BCUT2D eigenvalue weighted by molar-refractivity contribution is 5.66. The van der Waals surface area contributed by atoms with Crippen molar-refractivity contribution in [2.75, 3.05) is 0 Å². The van der Waals surface area contributed by atoms with E-state index in [1.165, 1.54) is 180 Å². The lowest BCUT2D eigenvalue weighted by molar-refractivity contribution is -0.137. The maximum absolute atomic E-state index is 11.3. The van der Waals surface area contributed by atoms with Crippen LogP contribution in [0.15, 0.2) is 0 Å². The van der Waals surface area contributed by atoms with E-state index < -0.39 is 5.97 Å². The van der Waals surface area contributed by atoms with Crippen molar-refractivity contribution in [3.63, 3.8) is 0 Å². The minimum atomic E-state index is -0.659. The maximum Gasteiger partial charge on any atom is 0.303 e. The van der Waals surface area contributed by atoms with Gasteiger partial charge in [-0.2, -0.15) is 0 Å². The summed E-state index contributed by atoms with van der Waals surface area (Å²) in [6.45, 7) is 9.08. The van der Waals surface area contributed by atoms with E-state index in [1.807, 2.05) is 0 Å². The normalized spacial score (nSPS) is 11.5. The van der Waals surface area contributed by atoms with Gasteiger partial charge in [0.05, 0.1) is 5.60 Å². The number of hydrogen-bond acceptors (Lipinski definition) is 2. The molecule has 0 aliphatic carbocycles. The molecule has 0 rings (SSSR count). The van der Waals surface area contributed by atoms with Gasteiger partial charge in [0.2, 0.25) is 0 Å². The fourth-order valence-electron chi connectivity index (χ4n) is 6.20. The van der Waals surface area contributed by atoms with Crippen molar-refractivity contribution in [3.05, 3.63) is 0 Å². The minimum absolute atomic E-state index is 0.343. The van der Waals surface area contributed by atoms with Crippen LogP contribution in [-0.4, -0.2) is 21.8 Å². The van der Waals surface area contributed by atoms with Gasteiger partial charge in [-0.15, -0.1) is 0 Å². The summed E-state index contributed by atoms with van der Waals surface area (Å²) < 4.78 is 0. The molecule has 0 aliphatic rings. The van der Waals surface area contributed by atoms with Gasteiger partial charge in [-0.05, 0) is 25.7 Å². The van der Waals surface area contributed by atoms with Crippen LogP contribution < -0.4 is 0 Å². The Morgan fingerprint density at radius 1 is 0.372 bits per heavy atom. The third-order valence-electron chi connectivity index (χ3n) is 9.23. The Hall–Kier alpha value is -0.570. The van der Waals surface area contributed by atoms with Crippen LogP contribution in [0.25, 0.3) is 0 Å². The van der Waals surface area contributed by atoms with Crippen LogP contribution >= 0.6 is 0 Å². The minimum Gasteiger partial charge on any atom is -0.481 e. The molecular weight excluding hydrogens is 528 g/mol. The molecule has 0 aliphatic heterocycles. The molecule has 0 unspecified atom stereocenters. The molecule has 3 nitrogen and oxygen atoms in total. The summed E-state index contributed by atoms with van der Waals surface area (Å²) in [6, 6.07) is 0. The van der Waals surface area contributed by atoms with Crippen molar-refractivity contribution in [3.8, 4) is 0 Å². The van der Waals surface area contributed by atoms with Gasteiger partial charge in [-0.3, -0.25) is 4.79 Å². The molecule has 0 saturated carbocycles. The maximum atomic E-state index is 11.3. The van der Waals surface area contributed by atoms with Crippen LogP contribution in [0.5, 0.6) is 0 Å². The lowest BCUT2D eigenvalue weighted by atomic mass is 9.85. The molecule has 0 spiro atoms. The van der Waals surface area contributed by atoms with E-state index in [0.717, 1.165) is 32.1 Å². The van der Waals surface area contributed by atoms with E-state index in [2.05, 4.69) is 27.7 Å². The molecule has 2 N–H and O–H groups in total. The quantitative estimate of drug-likeness (QED) is 0.0712. The van der Waals surface area contributed by atoms with Gasteiger partial charge in [0, 0.05) is 6.42 Å². The first kappa shape index (κ1) is 44.6. The molecule has 0 aromatic carbocycles. The van der Waals surface area contributed by atoms with Crippen molar-refractivity contribution in [1.82, 2.24) is 0 Å². The third-order valence-corrected chi connectivity index (χ3v) is 9.23. The second kappa shape index (κ2) is 37.6. The van der Waals surface area contributed by atoms with Gasteiger partial charge in [0.15, 0.2) is 0 Å². The largest absolute Gasteiger partial charge is 0.481 e. The second-order valence-corrected chi connectivity index (χ2v) is 13.8. The van der Waals surface area contributed by atoms with E-state index in [9.17, 15) is 9.90 Å². The van der Waals surface area contributed by atoms with Crippen LogP contribution in [0.4, 0.5) is 0 Å². The topological polar surface area (TPSA) is 57.5 Å². The fourth-order valence-corrected chi connectivity index (χ4v) is 6.20. The summed E-state index contributed by atoms with van der Waals surface area (Å²) in [4.78, 5) is 10.2. The Kier molecular flexibility index (Phi) is 39.0. The van der Waals surface area contributed by atoms with Crippen LogP contribution in [0.1, 0.15) is 246 Å². The van der Waals surface area contributed by atoms with Gasteiger partial charge in [0.1, 0.15) is 0 Å². The summed E-state index contributed by atoms with van der Waals surface area (Å²) in [5.74, 6) is -0.659. The molecule has 260 valence electrons. The molecule has 43 heavy (non-hydrogen) atoms. The first-order valence-electron chi connectivity index (χ1n) is 19.9. The molecule has 0 heterocycles. The number of hydrogen-bond donors (Lipinski definition) is 2. The fraction of sp³-hybridized carbons (Fsp3) is 0.975. The van der Waals surface area contributed by atoms with Crippen molar-refractivity contribution < 1.29 is 15.0 Å². The number of aliphatic carboxylic acids is 1. The molecule has 0 amide bonds. The number of unbranched alkanes of at least 4 members (excludes halogenated alkanes) is 26. The lowest BCUT2D eigenvalue weighted by Crippen LogP contribution is -2.28. The third kappa shape index (κ3) is 39.4. The monoisotopic (exact) mass is 611 g/mol. The van der Waals surface area contributed by atoms with Gasteiger partial charge in [0.25, 0.3) is 0 Å². The molecule has 0 radical (unpaired) electrons. The number of carboxylic acid groups (broad SMARTS) is 1. The summed E-state index contributed by atoms with van der Waals surface area (Å²) in [5, 5.41) is 19.7. The Morgan fingerprint density at radius 2 is 0.581 bits per heavy atom. The molecule has 3 heteroatoms. The zero-order chi connectivity index (χ0) is 32.1. The first-order chi connectivity index (χ1) is 21.0. The zero-order valence-corrected chi connectivity index (χ0v) is 30.3. The number of aliphatic hydroxyl groups is 1. The second-order valence-electron chi connectivity index (χ2n) is 13.8. The zero-order valence-electron chi connectivity index (χ0n) is 30.3. The van der Waals surface area contributed by atoms with E-state index in [4.69, 9.17) is 5.11 Å². The number of carbonyl (C=O) groups is 1. The molecular formula is C40H82O3. The summed E-state index contributed by atoms with van der Waals surface area (Å²) in [5.41, 5.74) is -0.364. The van der Waals surface area contributed by atoms with Crippen molar-refractivity contribution in [2.24, 2.45) is 0 Å².